The van der Waals surface area contributed by atoms with E-state index in [0.29, 0.717) is 17.2 Å². The zero-order valence-corrected chi connectivity index (χ0v) is 14.7. The number of anilines is 1. The summed E-state index contributed by atoms with van der Waals surface area (Å²) in [6.07, 6.45) is 6.32. The lowest BCUT2D eigenvalue weighted by Gasteiger charge is -2.18. The number of hydrogen-bond donors (Lipinski definition) is 2. The van der Waals surface area contributed by atoms with Gasteiger partial charge in [-0.25, -0.2) is 4.98 Å². The second kappa shape index (κ2) is 6.39. The Hall–Kier alpha value is -2.56. The standard InChI is InChI=1S/C20H23N3O2/c1-12-10-16(13(2)25-12)20(24)21-15-8-9-17-18(11-15)23-19(22-17)14-6-4-3-5-7-14/h8-11,14H,3-7H2,1-2H3,(H,21,24)(H,22,23). The van der Waals surface area contributed by atoms with Crippen molar-refractivity contribution in [2.75, 3.05) is 5.32 Å². The number of hydrogen-bond acceptors (Lipinski definition) is 3. The van der Waals surface area contributed by atoms with Crippen LogP contribution >= 0.6 is 0 Å². The average Bonchev–Trinajstić information content (AvgIpc) is 3.18. The van der Waals surface area contributed by atoms with Gasteiger partial charge in [-0.1, -0.05) is 19.3 Å². The lowest BCUT2D eigenvalue weighted by atomic mass is 9.89. The predicted molar refractivity (Wildman–Crippen MR) is 98.1 cm³/mol. The first kappa shape index (κ1) is 15.9. The van der Waals surface area contributed by atoms with Gasteiger partial charge < -0.3 is 14.7 Å². The van der Waals surface area contributed by atoms with Crippen LogP contribution in [-0.4, -0.2) is 15.9 Å². The van der Waals surface area contributed by atoms with Crippen LogP contribution in [0, 0.1) is 13.8 Å². The number of benzene rings is 1. The third kappa shape index (κ3) is 3.18. The van der Waals surface area contributed by atoms with E-state index in [-0.39, 0.29) is 5.91 Å². The molecule has 0 aliphatic heterocycles. The quantitative estimate of drug-likeness (QED) is 0.700. The van der Waals surface area contributed by atoms with Crippen molar-refractivity contribution in [3.8, 4) is 0 Å². The Morgan fingerprint density at radius 3 is 2.72 bits per heavy atom. The third-order valence-corrected chi connectivity index (χ3v) is 5.04. The van der Waals surface area contributed by atoms with Gasteiger partial charge in [0.05, 0.1) is 16.6 Å². The number of nitrogens with one attached hydrogen (secondary N) is 2. The third-order valence-electron chi connectivity index (χ3n) is 5.04. The lowest BCUT2D eigenvalue weighted by Crippen LogP contribution is -2.11. The van der Waals surface area contributed by atoms with Crippen molar-refractivity contribution in [2.45, 2.75) is 51.9 Å². The van der Waals surface area contributed by atoms with E-state index < -0.39 is 0 Å². The van der Waals surface area contributed by atoms with Gasteiger partial charge in [-0.05, 0) is 51.0 Å². The summed E-state index contributed by atoms with van der Waals surface area (Å²) < 4.78 is 5.44. The SMILES string of the molecule is Cc1cc(C(=O)Nc2ccc3nc(C4CCCCC4)[nH]c3c2)c(C)o1. The maximum Gasteiger partial charge on any atom is 0.259 e. The number of aromatic nitrogens is 2. The first-order valence-corrected chi connectivity index (χ1v) is 8.98. The van der Waals surface area contributed by atoms with E-state index in [2.05, 4.69) is 10.3 Å². The fraction of sp³-hybridized carbons (Fsp3) is 0.400. The largest absolute Gasteiger partial charge is 0.466 e. The lowest BCUT2D eigenvalue weighted by molar-refractivity contribution is 0.102. The maximum absolute atomic E-state index is 12.4. The fourth-order valence-electron chi connectivity index (χ4n) is 3.73. The van der Waals surface area contributed by atoms with Gasteiger partial charge in [-0.15, -0.1) is 0 Å². The Balaban J connectivity index is 1.56. The highest BCUT2D eigenvalue weighted by Crippen LogP contribution is 2.32. The van der Waals surface area contributed by atoms with Gasteiger partial charge in [-0.3, -0.25) is 4.79 Å². The second-order valence-corrected chi connectivity index (χ2v) is 6.97. The van der Waals surface area contributed by atoms with Crippen molar-refractivity contribution in [2.24, 2.45) is 0 Å². The summed E-state index contributed by atoms with van der Waals surface area (Å²) in [6.45, 7) is 3.64. The van der Waals surface area contributed by atoms with Gasteiger partial charge in [0.25, 0.3) is 5.91 Å². The van der Waals surface area contributed by atoms with E-state index in [9.17, 15) is 4.79 Å². The first-order valence-electron chi connectivity index (χ1n) is 8.98. The molecule has 1 fully saturated rings. The maximum atomic E-state index is 12.4. The summed E-state index contributed by atoms with van der Waals surface area (Å²) in [5.74, 6) is 2.84. The molecule has 25 heavy (non-hydrogen) atoms. The molecule has 0 bridgehead atoms. The molecule has 1 aliphatic carbocycles. The number of imidazole rings is 1. The van der Waals surface area contributed by atoms with E-state index in [4.69, 9.17) is 9.40 Å². The molecule has 0 radical (unpaired) electrons. The van der Waals surface area contributed by atoms with Crippen molar-refractivity contribution in [3.05, 3.63) is 47.2 Å². The average molecular weight is 337 g/mol. The Kier molecular flexibility index (Phi) is 4.07. The van der Waals surface area contributed by atoms with Crippen LogP contribution in [0.15, 0.2) is 28.7 Å². The number of nitrogens with zero attached hydrogens (tertiary/aromatic N) is 1. The molecule has 4 rings (SSSR count). The molecule has 5 nitrogen and oxygen atoms in total. The topological polar surface area (TPSA) is 70.9 Å². The molecule has 1 aliphatic rings. The first-order chi connectivity index (χ1) is 12.1. The molecule has 1 aromatic carbocycles. The van der Waals surface area contributed by atoms with Gasteiger partial charge in [0.1, 0.15) is 17.3 Å². The Bertz CT molecular complexity index is 916. The fourth-order valence-corrected chi connectivity index (χ4v) is 3.73. The zero-order chi connectivity index (χ0) is 17.4. The number of furan rings is 1. The molecule has 0 spiro atoms. The van der Waals surface area contributed by atoms with Crippen molar-refractivity contribution in [1.82, 2.24) is 9.97 Å². The molecule has 1 saturated carbocycles. The second-order valence-electron chi connectivity index (χ2n) is 6.97. The summed E-state index contributed by atoms with van der Waals surface area (Å²) in [5.41, 5.74) is 3.26. The molecule has 2 N–H and O–H groups in total. The van der Waals surface area contributed by atoms with Crippen LogP contribution < -0.4 is 5.32 Å². The van der Waals surface area contributed by atoms with Crippen molar-refractivity contribution >= 4 is 22.6 Å². The summed E-state index contributed by atoms with van der Waals surface area (Å²) in [6, 6.07) is 7.57. The summed E-state index contributed by atoms with van der Waals surface area (Å²) in [7, 11) is 0. The van der Waals surface area contributed by atoms with E-state index in [1.807, 2.05) is 25.1 Å². The van der Waals surface area contributed by atoms with Crippen LogP contribution in [0.2, 0.25) is 0 Å². The number of fused-ring (bicyclic) bond motifs is 1. The molecule has 5 heteroatoms. The van der Waals surface area contributed by atoms with Crippen LogP contribution in [0.3, 0.4) is 0 Å². The highest BCUT2D eigenvalue weighted by atomic mass is 16.3. The molecular weight excluding hydrogens is 314 g/mol. The molecule has 3 aromatic rings. The van der Waals surface area contributed by atoms with Crippen LogP contribution in [0.25, 0.3) is 11.0 Å². The van der Waals surface area contributed by atoms with Crippen molar-refractivity contribution < 1.29 is 9.21 Å². The van der Waals surface area contributed by atoms with E-state index in [1.54, 1.807) is 13.0 Å². The summed E-state index contributed by atoms with van der Waals surface area (Å²) in [4.78, 5) is 20.6. The molecule has 0 atom stereocenters. The van der Waals surface area contributed by atoms with Gasteiger partial charge >= 0.3 is 0 Å². The smallest absolute Gasteiger partial charge is 0.259 e. The number of aromatic amines is 1. The van der Waals surface area contributed by atoms with Crippen LogP contribution in [-0.2, 0) is 0 Å². The molecule has 0 saturated heterocycles. The molecule has 130 valence electrons. The summed E-state index contributed by atoms with van der Waals surface area (Å²) >= 11 is 0. The number of carbonyl (C=O) groups excluding carboxylic acids is 1. The van der Waals surface area contributed by atoms with Gasteiger partial charge in [0, 0.05) is 11.6 Å². The predicted octanol–water partition coefficient (Wildman–Crippen LogP) is 5.07. The molecule has 2 heterocycles. The van der Waals surface area contributed by atoms with E-state index in [1.165, 1.54) is 32.1 Å². The number of amides is 1. The number of H-pyrrole nitrogens is 1. The van der Waals surface area contributed by atoms with E-state index >= 15 is 0 Å². The molecule has 1 amide bonds. The normalized spacial score (nSPS) is 15.6. The molecular formula is C20H23N3O2. The van der Waals surface area contributed by atoms with Crippen LogP contribution in [0.4, 0.5) is 5.69 Å². The number of rotatable bonds is 3. The molecule has 2 aromatic heterocycles. The highest BCUT2D eigenvalue weighted by Gasteiger charge is 2.19. The minimum Gasteiger partial charge on any atom is -0.466 e. The Labute approximate surface area is 146 Å². The number of carbonyl (C=O) groups is 1. The van der Waals surface area contributed by atoms with E-state index in [0.717, 1.165) is 28.3 Å². The van der Waals surface area contributed by atoms with Gasteiger partial charge in [-0.2, -0.15) is 0 Å². The zero-order valence-electron chi connectivity index (χ0n) is 14.7. The van der Waals surface area contributed by atoms with Crippen LogP contribution in [0.5, 0.6) is 0 Å². The minimum absolute atomic E-state index is 0.152. The van der Waals surface area contributed by atoms with Crippen molar-refractivity contribution in [1.29, 1.82) is 0 Å². The monoisotopic (exact) mass is 337 g/mol. The van der Waals surface area contributed by atoms with Crippen LogP contribution in [0.1, 0.15) is 65.7 Å². The Morgan fingerprint density at radius 1 is 1.20 bits per heavy atom. The minimum atomic E-state index is -0.152. The highest BCUT2D eigenvalue weighted by molar-refractivity contribution is 6.05. The Morgan fingerprint density at radius 2 is 2.00 bits per heavy atom. The van der Waals surface area contributed by atoms with Crippen molar-refractivity contribution in [3.63, 3.8) is 0 Å². The molecule has 0 unspecified atom stereocenters. The van der Waals surface area contributed by atoms with Gasteiger partial charge in [0.2, 0.25) is 0 Å². The number of aryl methyl sites for hydroxylation is 2. The summed E-state index contributed by atoms with van der Waals surface area (Å²) in [5, 5.41) is 2.95. The van der Waals surface area contributed by atoms with Gasteiger partial charge in [0.15, 0.2) is 0 Å².